The Morgan fingerprint density at radius 1 is 0.967 bits per heavy atom. The monoisotopic (exact) mass is 526 g/mol. The van der Waals surface area contributed by atoms with Crippen molar-refractivity contribution in [2.75, 3.05) is 5.32 Å². The van der Waals surface area contributed by atoms with E-state index in [0.717, 1.165) is 10.0 Å². The number of halogens is 3. The SMILES string of the molecule is O=C(Nc1ccc(Cl)cc1Cl)[C@H](Cc1ccccc1)NS(=O)(=O)c1ccc(Br)cc1. The summed E-state index contributed by atoms with van der Waals surface area (Å²) < 4.78 is 29.0. The molecule has 30 heavy (non-hydrogen) atoms. The van der Waals surface area contributed by atoms with Crippen LogP contribution < -0.4 is 10.0 Å². The van der Waals surface area contributed by atoms with E-state index in [0.29, 0.717) is 10.7 Å². The standard InChI is InChI=1S/C21H17BrCl2N2O3S/c22-15-6-9-17(10-7-15)30(28,29)26-20(12-14-4-2-1-3-5-14)21(27)25-19-11-8-16(23)13-18(19)24/h1-11,13,20,26H,12H2,(H,25,27)/t20-/m0/s1. The zero-order chi connectivity index (χ0) is 21.7. The molecule has 0 aromatic heterocycles. The van der Waals surface area contributed by atoms with E-state index >= 15 is 0 Å². The van der Waals surface area contributed by atoms with E-state index in [1.807, 2.05) is 30.3 Å². The number of amides is 1. The van der Waals surface area contributed by atoms with Crippen LogP contribution in [0.3, 0.4) is 0 Å². The Bertz CT molecular complexity index is 1140. The van der Waals surface area contributed by atoms with Crippen LogP contribution in [0.2, 0.25) is 10.0 Å². The molecule has 3 aromatic carbocycles. The number of nitrogens with one attached hydrogen (secondary N) is 2. The number of benzene rings is 3. The molecule has 2 N–H and O–H groups in total. The first-order chi connectivity index (χ1) is 14.2. The van der Waals surface area contributed by atoms with Gasteiger partial charge in [0.25, 0.3) is 0 Å². The van der Waals surface area contributed by atoms with Gasteiger partial charge in [-0.15, -0.1) is 0 Å². The maximum Gasteiger partial charge on any atom is 0.242 e. The highest BCUT2D eigenvalue weighted by atomic mass is 79.9. The van der Waals surface area contributed by atoms with Crippen molar-refractivity contribution in [2.45, 2.75) is 17.4 Å². The fourth-order valence-electron chi connectivity index (χ4n) is 2.72. The Balaban J connectivity index is 1.87. The topological polar surface area (TPSA) is 75.3 Å². The van der Waals surface area contributed by atoms with Crippen molar-refractivity contribution in [3.8, 4) is 0 Å². The van der Waals surface area contributed by atoms with Gasteiger partial charge in [0.2, 0.25) is 15.9 Å². The summed E-state index contributed by atoms with van der Waals surface area (Å²) in [5.41, 5.74) is 1.14. The first-order valence-electron chi connectivity index (χ1n) is 8.82. The van der Waals surface area contributed by atoms with Gasteiger partial charge in [0.15, 0.2) is 0 Å². The van der Waals surface area contributed by atoms with Gasteiger partial charge in [-0.25, -0.2) is 8.42 Å². The summed E-state index contributed by atoms with van der Waals surface area (Å²) in [5.74, 6) is -0.538. The van der Waals surface area contributed by atoms with Gasteiger partial charge in [0.05, 0.1) is 15.6 Å². The van der Waals surface area contributed by atoms with Crippen molar-refractivity contribution in [1.82, 2.24) is 4.72 Å². The van der Waals surface area contributed by atoms with Gasteiger partial charge in [-0.2, -0.15) is 4.72 Å². The van der Waals surface area contributed by atoms with Crippen LogP contribution >= 0.6 is 39.1 Å². The molecule has 0 unspecified atom stereocenters. The van der Waals surface area contributed by atoms with Gasteiger partial charge in [-0.1, -0.05) is 69.5 Å². The number of sulfonamides is 1. The molecule has 0 aliphatic heterocycles. The average Bonchev–Trinajstić information content (AvgIpc) is 2.70. The molecule has 156 valence electrons. The molecule has 1 amide bonds. The second-order valence-corrected chi connectivity index (χ2v) is 9.90. The molecular weight excluding hydrogens is 511 g/mol. The molecule has 0 saturated carbocycles. The number of carbonyl (C=O) groups excluding carboxylic acids is 1. The Kier molecular flexibility index (Phi) is 7.55. The van der Waals surface area contributed by atoms with Crippen LogP contribution in [0.15, 0.2) is 82.2 Å². The predicted molar refractivity (Wildman–Crippen MR) is 123 cm³/mol. The largest absolute Gasteiger partial charge is 0.323 e. The quantitative estimate of drug-likeness (QED) is 0.438. The van der Waals surface area contributed by atoms with E-state index < -0.39 is 22.0 Å². The molecule has 3 rings (SSSR count). The summed E-state index contributed by atoms with van der Waals surface area (Å²) >= 11 is 15.3. The molecule has 0 fully saturated rings. The first kappa shape index (κ1) is 22.8. The van der Waals surface area contributed by atoms with E-state index in [2.05, 4.69) is 26.0 Å². The van der Waals surface area contributed by atoms with Crippen LogP contribution in [0.4, 0.5) is 5.69 Å². The van der Waals surface area contributed by atoms with Crippen LogP contribution in [-0.2, 0) is 21.2 Å². The summed E-state index contributed by atoms with van der Waals surface area (Å²) in [6, 6.07) is 18.9. The lowest BCUT2D eigenvalue weighted by Crippen LogP contribution is -2.45. The summed E-state index contributed by atoms with van der Waals surface area (Å²) in [7, 11) is -3.94. The van der Waals surface area contributed by atoms with Crippen LogP contribution in [0.1, 0.15) is 5.56 Å². The lowest BCUT2D eigenvalue weighted by atomic mass is 10.1. The summed E-state index contributed by atoms with van der Waals surface area (Å²) in [5, 5.41) is 3.36. The first-order valence-corrected chi connectivity index (χ1v) is 11.9. The zero-order valence-corrected chi connectivity index (χ0v) is 19.4. The molecule has 0 bridgehead atoms. The van der Waals surface area contributed by atoms with Crippen LogP contribution in [0.25, 0.3) is 0 Å². The molecule has 0 saturated heterocycles. The van der Waals surface area contributed by atoms with Gasteiger partial charge in [-0.3, -0.25) is 4.79 Å². The molecule has 0 radical (unpaired) electrons. The molecule has 0 heterocycles. The van der Waals surface area contributed by atoms with E-state index in [9.17, 15) is 13.2 Å². The number of carbonyl (C=O) groups is 1. The number of rotatable bonds is 7. The van der Waals surface area contributed by atoms with Gasteiger partial charge in [0, 0.05) is 9.50 Å². The van der Waals surface area contributed by atoms with Crippen molar-refractivity contribution < 1.29 is 13.2 Å². The zero-order valence-electron chi connectivity index (χ0n) is 15.5. The average molecular weight is 528 g/mol. The minimum absolute atomic E-state index is 0.0566. The van der Waals surface area contributed by atoms with Crippen LogP contribution in [0, 0.1) is 0 Å². The Morgan fingerprint density at radius 3 is 2.27 bits per heavy atom. The molecule has 1 atom stereocenters. The fourth-order valence-corrected chi connectivity index (χ4v) is 4.63. The number of hydrogen-bond acceptors (Lipinski definition) is 3. The van der Waals surface area contributed by atoms with Crippen molar-refractivity contribution in [2.24, 2.45) is 0 Å². The highest BCUT2D eigenvalue weighted by Gasteiger charge is 2.26. The number of anilines is 1. The Hall–Kier alpha value is -1.90. The van der Waals surface area contributed by atoms with E-state index in [1.165, 1.54) is 18.2 Å². The maximum absolute atomic E-state index is 13.0. The van der Waals surface area contributed by atoms with E-state index in [1.54, 1.807) is 24.3 Å². The molecule has 0 spiro atoms. The lowest BCUT2D eigenvalue weighted by molar-refractivity contribution is -0.117. The van der Waals surface area contributed by atoms with Gasteiger partial charge in [-0.05, 0) is 54.4 Å². The molecule has 0 aliphatic rings. The molecular formula is C21H17BrCl2N2O3S. The lowest BCUT2D eigenvalue weighted by Gasteiger charge is -2.19. The van der Waals surface area contributed by atoms with Crippen molar-refractivity contribution >= 4 is 60.7 Å². The van der Waals surface area contributed by atoms with E-state index in [4.69, 9.17) is 23.2 Å². The molecule has 3 aromatic rings. The van der Waals surface area contributed by atoms with Crippen LogP contribution in [-0.4, -0.2) is 20.4 Å². The van der Waals surface area contributed by atoms with Gasteiger partial charge < -0.3 is 5.32 Å². The minimum Gasteiger partial charge on any atom is -0.323 e. The fraction of sp³-hybridized carbons (Fsp3) is 0.0952. The van der Waals surface area contributed by atoms with Crippen molar-refractivity contribution in [3.63, 3.8) is 0 Å². The third-order valence-corrected chi connectivity index (χ3v) is 6.77. The minimum atomic E-state index is -3.94. The van der Waals surface area contributed by atoms with Gasteiger partial charge >= 0.3 is 0 Å². The Morgan fingerprint density at radius 2 is 1.63 bits per heavy atom. The van der Waals surface area contributed by atoms with E-state index in [-0.39, 0.29) is 16.3 Å². The predicted octanol–water partition coefficient (Wildman–Crippen LogP) is 5.28. The second kappa shape index (κ2) is 9.94. The summed E-state index contributed by atoms with van der Waals surface area (Å²) in [6.45, 7) is 0. The van der Waals surface area contributed by atoms with Crippen LogP contribution in [0.5, 0.6) is 0 Å². The third kappa shape index (κ3) is 6.06. The maximum atomic E-state index is 13.0. The molecule has 5 nitrogen and oxygen atoms in total. The normalized spacial score (nSPS) is 12.4. The second-order valence-electron chi connectivity index (χ2n) is 6.43. The third-order valence-electron chi connectivity index (χ3n) is 4.21. The van der Waals surface area contributed by atoms with Crippen molar-refractivity contribution in [3.05, 3.63) is 92.9 Å². The summed E-state index contributed by atoms with van der Waals surface area (Å²) in [4.78, 5) is 13.0. The Labute approximate surface area is 193 Å². The van der Waals surface area contributed by atoms with Crippen molar-refractivity contribution in [1.29, 1.82) is 0 Å². The highest BCUT2D eigenvalue weighted by molar-refractivity contribution is 9.10. The summed E-state index contributed by atoms with van der Waals surface area (Å²) in [6.07, 6.45) is 0.160. The van der Waals surface area contributed by atoms with Gasteiger partial charge in [0.1, 0.15) is 6.04 Å². The molecule has 9 heteroatoms. The number of hydrogen-bond donors (Lipinski definition) is 2. The highest BCUT2D eigenvalue weighted by Crippen LogP contribution is 2.26. The molecule has 0 aliphatic carbocycles. The smallest absolute Gasteiger partial charge is 0.242 e.